The Kier molecular flexibility index (Phi) is 11.5. The van der Waals surface area contributed by atoms with E-state index in [1.807, 2.05) is 12.1 Å². The second-order valence-electron chi connectivity index (χ2n) is 4.48. The van der Waals surface area contributed by atoms with E-state index in [2.05, 4.69) is 16.7 Å². The van der Waals surface area contributed by atoms with Crippen molar-refractivity contribution in [1.82, 2.24) is 10.6 Å². The molecule has 0 unspecified atom stereocenters. The van der Waals surface area contributed by atoms with Gasteiger partial charge in [-0.05, 0) is 37.2 Å². The molecule has 1 aliphatic heterocycles. The van der Waals surface area contributed by atoms with Crippen LogP contribution >= 0.6 is 24.8 Å². The van der Waals surface area contributed by atoms with E-state index in [0.29, 0.717) is 19.8 Å². The highest BCUT2D eigenvalue weighted by molar-refractivity contribution is 5.85. The Labute approximate surface area is 138 Å². The third kappa shape index (κ3) is 7.20. The summed E-state index contributed by atoms with van der Waals surface area (Å²) in [4.78, 5) is 0. The van der Waals surface area contributed by atoms with E-state index in [-0.39, 0.29) is 31.4 Å². The maximum absolute atomic E-state index is 8.61. The third-order valence-corrected chi connectivity index (χ3v) is 2.93. The zero-order valence-electron chi connectivity index (χ0n) is 12.0. The summed E-state index contributed by atoms with van der Waals surface area (Å²) in [6.07, 6.45) is 1.05. The van der Waals surface area contributed by atoms with Crippen molar-refractivity contribution in [3.05, 3.63) is 23.8 Å². The number of rotatable bonds is 8. The molecule has 0 atom stereocenters. The molecule has 3 N–H and O–H groups in total. The molecular formula is C14H24Cl2N2O3. The van der Waals surface area contributed by atoms with Crippen LogP contribution < -0.4 is 20.1 Å². The largest absolute Gasteiger partial charge is 0.486 e. The van der Waals surface area contributed by atoms with Crippen LogP contribution in [0.3, 0.4) is 0 Å². The molecule has 0 radical (unpaired) electrons. The van der Waals surface area contributed by atoms with Gasteiger partial charge in [-0.2, -0.15) is 0 Å². The topological polar surface area (TPSA) is 62.8 Å². The highest BCUT2D eigenvalue weighted by atomic mass is 35.5. The highest BCUT2D eigenvalue weighted by Crippen LogP contribution is 2.30. The summed E-state index contributed by atoms with van der Waals surface area (Å²) in [5.74, 6) is 1.68. The van der Waals surface area contributed by atoms with Crippen molar-refractivity contribution in [2.45, 2.75) is 13.0 Å². The Morgan fingerprint density at radius 1 is 0.952 bits per heavy atom. The molecule has 1 aliphatic rings. The van der Waals surface area contributed by atoms with Gasteiger partial charge in [0.25, 0.3) is 0 Å². The van der Waals surface area contributed by atoms with Crippen molar-refractivity contribution in [3.8, 4) is 11.5 Å². The summed E-state index contributed by atoms with van der Waals surface area (Å²) in [5.41, 5.74) is 1.20. The fourth-order valence-corrected chi connectivity index (χ4v) is 1.97. The smallest absolute Gasteiger partial charge is 0.161 e. The van der Waals surface area contributed by atoms with E-state index >= 15 is 0 Å². The van der Waals surface area contributed by atoms with Gasteiger partial charge in [0.05, 0.1) is 6.61 Å². The minimum Gasteiger partial charge on any atom is -0.486 e. The van der Waals surface area contributed by atoms with Gasteiger partial charge >= 0.3 is 0 Å². The number of fused-ring (bicyclic) bond motifs is 1. The van der Waals surface area contributed by atoms with Gasteiger partial charge in [0.2, 0.25) is 0 Å². The SMILES string of the molecule is Cl.Cl.OCCNCCCNCc1ccc2c(c1)OCCO2. The summed E-state index contributed by atoms with van der Waals surface area (Å²) >= 11 is 0. The Hall–Kier alpha value is -0.720. The van der Waals surface area contributed by atoms with Gasteiger partial charge in [0.1, 0.15) is 13.2 Å². The summed E-state index contributed by atoms with van der Waals surface area (Å²) in [7, 11) is 0. The fraction of sp³-hybridized carbons (Fsp3) is 0.571. The van der Waals surface area contributed by atoms with Gasteiger partial charge in [-0.15, -0.1) is 24.8 Å². The summed E-state index contributed by atoms with van der Waals surface area (Å²) in [6, 6.07) is 6.06. The molecule has 122 valence electrons. The van der Waals surface area contributed by atoms with E-state index in [4.69, 9.17) is 14.6 Å². The average molecular weight is 339 g/mol. The molecule has 0 aliphatic carbocycles. The number of nitrogens with one attached hydrogen (secondary N) is 2. The van der Waals surface area contributed by atoms with Crippen LogP contribution in [0.15, 0.2) is 18.2 Å². The van der Waals surface area contributed by atoms with Crippen molar-refractivity contribution in [2.75, 3.05) is 39.5 Å². The predicted octanol–water partition coefficient (Wildman–Crippen LogP) is 1.36. The van der Waals surface area contributed by atoms with Crippen LogP contribution in [0.5, 0.6) is 11.5 Å². The van der Waals surface area contributed by atoms with Crippen molar-refractivity contribution in [1.29, 1.82) is 0 Å². The lowest BCUT2D eigenvalue weighted by atomic mass is 10.2. The number of ether oxygens (including phenoxy) is 2. The monoisotopic (exact) mass is 338 g/mol. The summed E-state index contributed by atoms with van der Waals surface area (Å²) < 4.78 is 11.0. The molecule has 2 rings (SSSR count). The molecule has 1 aromatic carbocycles. The molecular weight excluding hydrogens is 315 g/mol. The number of benzene rings is 1. The molecule has 21 heavy (non-hydrogen) atoms. The second-order valence-corrected chi connectivity index (χ2v) is 4.48. The molecule has 0 saturated heterocycles. The van der Waals surface area contributed by atoms with Crippen molar-refractivity contribution in [2.24, 2.45) is 0 Å². The van der Waals surface area contributed by atoms with Crippen LogP contribution in [0.2, 0.25) is 0 Å². The van der Waals surface area contributed by atoms with Crippen molar-refractivity contribution in [3.63, 3.8) is 0 Å². The fourth-order valence-electron chi connectivity index (χ4n) is 1.97. The molecule has 7 heteroatoms. The van der Waals surface area contributed by atoms with Gasteiger partial charge in [0.15, 0.2) is 11.5 Å². The van der Waals surface area contributed by atoms with Gasteiger partial charge in [-0.25, -0.2) is 0 Å². The lowest BCUT2D eigenvalue weighted by molar-refractivity contribution is 0.171. The minimum atomic E-state index is 0. The van der Waals surface area contributed by atoms with Crippen LogP contribution in [-0.2, 0) is 6.54 Å². The quantitative estimate of drug-likeness (QED) is 0.625. The number of aliphatic hydroxyl groups is 1. The van der Waals surface area contributed by atoms with Crippen molar-refractivity contribution < 1.29 is 14.6 Å². The first-order chi connectivity index (χ1) is 9.40. The van der Waals surface area contributed by atoms with Gasteiger partial charge < -0.3 is 25.2 Å². The Morgan fingerprint density at radius 2 is 1.67 bits per heavy atom. The standard InChI is InChI=1S/C14H22N2O3.2ClH/c17-7-6-15-4-1-5-16-11-12-2-3-13-14(10-12)19-9-8-18-13;;/h2-3,10,15-17H,1,4-9,11H2;2*1H. The lowest BCUT2D eigenvalue weighted by Gasteiger charge is -2.19. The Morgan fingerprint density at radius 3 is 2.43 bits per heavy atom. The average Bonchev–Trinajstić information content (AvgIpc) is 2.46. The Balaban J connectivity index is 0.00000200. The molecule has 0 amide bonds. The van der Waals surface area contributed by atoms with Gasteiger partial charge in [-0.1, -0.05) is 6.07 Å². The van der Waals surface area contributed by atoms with E-state index in [1.165, 1.54) is 5.56 Å². The molecule has 5 nitrogen and oxygen atoms in total. The van der Waals surface area contributed by atoms with Crippen molar-refractivity contribution >= 4 is 24.8 Å². The Bertz CT molecular complexity index is 394. The molecule has 0 aromatic heterocycles. The zero-order chi connectivity index (χ0) is 13.3. The zero-order valence-corrected chi connectivity index (χ0v) is 13.6. The normalized spacial score (nSPS) is 12.2. The van der Waals surface area contributed by atoms with Crippen LogP contribution in [0.1, 0.15) is 12.0 Å². The van der Waals surface area contributed by atoms with Gasteiger partial charge in [0, 0.05) is 13.1 Å². The van der Waals surface area contributed by atoms with Crippen LogP contribution in [0.4, 0.5) is 0 Å². The first-order valence-corrected chi connectivity index (χ1v) is 6.81. The van der Waals surface area contributed by atoms with Crippen LogP contribution in [-0.4, -0.2) is 44.6 Å². The molecule has 0 saturated carbocycles. The van der Waals surface area contributed by atoms with Gasteiger partial charge in [-0.3, -0.25) is 0 Å². The van der Waals surface area contributed by atoms with Crippen LogP contribution in [0.25, 0.3) is 0 Å². The molecule has 1 heterocycles. The number of hydrogen-bond donors (Lipinski definition) is 3. The van der Waals surface area contributed by atoms with E-state index in [9.17, 15) is 0 Å². The molecule has 0 fully saturated rings. The summed E-state index contributed by atoms with van der Waals surface area (Å²) in [5, 5.41) is 15.1. The lowest BCUT2D eigenvalue weighted by Crippen LogP contribution is -2.24. The number of halogens is 2. The van der Waals surface area contributed by atoms with E-state index in [0.717, 1.165) is 37.6 Å². The third-order valence-electron chi connectivity index (χ3n) is 2.93. The van der Waals surface area contributed by atoms with E-state index < -0.39 is 0 Å². The van der Waals surface area contributed by atoms with E-state index in [1.54, 1.807) is 0 Å². The maximum atomic E-state index is 8.61. The van der Waals surface area contributed by atoms with Crippen LogP contribution in [0, 0.1) is 0 Å². The first-order valence-electron chi connectivity index (χ1n) is 6.81. The predicted molar refractivity (Wildman–Crippen MR) is 88.2 cm³/mol. The number of hydrogen-bond acceptors (Lipinski definition) is 5. The summed E-state index contributed by atoms with van der Waals surface area (Å²) in [6.45, 7) is 4.83. The number of aliphatic hydroxyl groups excluding tert-OH is 1. The molecule has 0 spiro atoms. The minimum absolute atomic E-state index is 0. The first kappa shape index (κ1) is 20.3. The molecule has 0 bridgehead atoms. The highest BCUT2D eigenvalue weighted by Gasteiger charge is 2.11. The maximum Gasteiger partial charge on any atom is 0.161 e. The molecule has 1 aromatic rings. The second kappa shape index (κ2) is 11.9.